The van der Waals surface area contributed by atoms with Crippen LogP contribution in [0.2, 0.25) is 10.0 Å². The van der Waals surface area contributed by atoms with Gasteiger partial charge < -0.3 is 10.4 Å². The number of carboxylic acids is 1. The SMILES string of the molecule is C[C@H](NC(=O)c1c(Cc2ccc(Cl)c(Cl)c2)nn(C)c1C(F)F)c1ccc(C(=O)O)cc1F. The van der Waals surface area contributed by atoms with Gasteiger partial charge in [0.25, 0.3) is 12.3 Å². The van der Waals surface area contributed by atoms with Crippen LogP contribution in [0.15, 0.2) is 36.4 Å². The standard InChI is InChI=1S/C22H18Cl2F3N3O3/c1-10(13-5-4-12(22(32)33)9-16(13)25)28-21(31)18-17(29-30(2)19(18)20(26)27)8-11-3-6-14(23)15(24)7-11/h3-7,9-10,20H,8H2,1-2H3,(H,28,31)(H,32,33)/t10-/m0/s1. The number of hydrogen-bond donors (Lipinski definition) is 2. The number of rotatable bonds is 7. The first kappa shape index (κ1) is 24.6. The molecular weight excluding hydrogens is 482 g/mol. The average molecular weight is 500 g/mol. The summed E-state index contributed by atoms with van der Waals surface area (Å²) in [6.45, 7) is 1.45. The molecule has 174 valence electrons. The van der Waals surface area contributed by atoms with Gasteiger partial charge in [-0.05, 0) is 36.8 Å². The molecule has 0 aliphatic rings. The maximum atomic E-state index is 14.4. The van der Waals surface area contributed by atoms with Gasteiger partial charge in [0.2, 0.25) is 0 Å². The Bertz CT molecular complexity index is 1230. The average Bonchev–Trinajstić information content (AvgIpc) is 3.06. The van der Waals surface area contributed by atoms with E-state index in [0.717, 1.165) is 10.7 Å². The fourth-order valence-electron chi connectivity index (χ4n) is 3.42. The number of amides is 1. The van der Waals surface area contributed by atoms with E-state index >= 15 is 0 Å². The summed E-state index contributed by atoms with van der Waals surface area (Å²) in [6.07, 6.45) is -2.97. The molecule has 1 amide bonds. The second-order valence-electron chi connectivity index (χ2n) is 7.29. The van der Waals surface area contributed by atoms with Crippen molar-refractivity contribution in [1.29, 1.82) is 0 Å². The van der Waals surface area contributed by atoms with E-state index in [-0.39, 0.29) is 33.8 Å². The summed E-state index contributed by atoms with van der Waals surface area (Å²) in [5.74, 6) is -3.03. The molecule has 0 unspecified atom stereocenters. The highest BCUT2D eigenvalue weighted by Crippen LogP contribution is 2.29. The van der Waals surface area contributed by atoms with Crippen molar-refractivity contribution in [2.24, 2.45) is 7.05 Å². The summed E-state index contributed by atoms with van der Waals surface area (Å²) in [6, 6.07) is 7.01. The van der Waals surface area contributed by atoms with Crippen molar-refractivity contribution >= 4 is 35.1 Å². The Morgan fingerprint density at radius 1 is 1.15 bits per heavy atom. The molecule has 33 heavy (non-hydrogen) atoms. The van der Waals surface area contributed by atoms with Crippen LogP contribution in [-0.4, -0.2) is 26.8 Å². The maximum absolute atomic E-state index is 14.4. The molecule has 3 rings (SSSR count). The van der Waals surface area contributed by atoms with Crippen molar-refractivity contribution < 1.29 is 27.9 Å². The molecule has 0 radical (unpaired) electrons. The van der Waals surface area contributed by atoms with Gasteiger partial charge in [0.15, 0.2) is 0 Å². The van der Waals surface area contributed by atoms with Gasteiger partial charge in [-0.3, -0.25) is 9.48 Å². The highest BCUT2D eigenvalue weighted by molar-refractivity contribution is 6.42. The van der Waals surface area contributed by atoms with Crippen LogP contribution in [-0.2, 0) is 13.5 Å². The highest BCUT2D eigenvalue weighted by Gasteiger charge is 2.29. The molecule has 0 saturated carbocycles. The second-order valence-corrected chi connectivity index (χ2v) is 8.11. The van der Waals surface area contributed by atoms with E-state index < -0.39 is 35.9 Å². The van der Waals surface area contributed by atoms with Gasteiger partial charge in [-0.1, -0.05) is 35.3 Å². The number of hydrogen-bond acceptors (Lipinski definition) is 3. The number of nitrogens with zero attached hydrogens (tertiary/aromatic N) is 2. The molecule has 1 atom stereocenters. The zero-order valence-corrected chi connectivity index (χ0v) is 18.9. The molecule has 0 saturated heterocycles. The van der Waals surface area contributed by atoms with Gasteiger partial charge in [0, 0.05) is 19.0 Å². The van der Waals surface area contributed by atoms with Crippen LogP contribution in [0.25, 0.3) is 0 Å². The van der Waals surface area contributed by atoms with Crippen molar-refractivity contribution in [3.8, 4) is 0 Å². The van der Waals surface area contributed by atoms with E-state index in [2.05, 4.69) is 10.4 Å². The monoisotopic (exact) mass is 499 g/mol. The number of benzene rings is 2. The smallest absolute Gasteiger partial charge is 0.335 e. The molecule has 1 heterocycles. The van der Waals surface area contributed by atoms with Crippen LogP contribution in [0.3, 0.4) is 0 Å². The van der Waals surface area contributed by atoms with Gasteiger partial charge >= 0.3 is 5.97 Å². The number of aromatic carboxylic acids is 1. The molecule has 2 aromatic carbocycles. The molecule has 0 bridgehead atoms. The van der Waals surface area contributed by atoms with Gasteiger partial charge in [-0.25, -0.2) is 18.0 Å². The molecule has 0 fully saturated rings. The molecule has 11 heteroatoms. The van der Waals surface area contributed by atoms with E-state index in [1.54, 1.807) is 18.2 Å². The third-order valence-electron chi connectivity index (χ3n) is 5.01. The van der Waals surface area contributed by atoms with Crippen LogP contribution in [0.4, 0.5) is 13.2 Å². The Balaban J connectivity index is 1.94. The molecule has 0 aliphatic heterocycles. The number of carboxylic acid groups (broad SMARTS) is 1. The highest BCUT2D eigenvalue weighted by atomic mass is 35.5. The number of alkyl halides is 2. The van der Waals surface area contributed by atoms with Gasteiger partial charge in [0.1, 0.15) is 11.5 Å². The fourth-order valence-corrected chi connectivity index (χ4v) is 3.74. The lowest BCUT2D eigenvalue weighted by Crippen LogP contribution is -2.29. The summed E-state index contributed by atoms with van der Waals surface area (Å²) in [5.41, 5.74) is -0.490. The Labute approximate surface area is 196 Å². The minimum absolute atomic E-state index is 0.00173. The summed E-state index contributed by atoms with van der Waals surface area (Å²) in [5, 5.41) is 16.1. The first-order chi connectivity index (χ1) is 15.5. The van der Waals surface area contributed by atoms with E-state index in [0.29, 0.717) is 10.6 Å². The molecule has 3 aromatic rings. The molecule has 0 aliphatic carbocycles. The predicted octanol–water partition coefficient (Wildman–Crippen LogP) is 5.58. The normalized spacial score (nSPS) is 12.1. The van der Waals surface area contributed by atoms with Crippen LogP contribution in [0.1, 0.15) is 62.6 Å². The van der Waals surface area contributed by atoms with Crippen molar-refractivity contribution in [2.45, 2.75) is 25.8 Å². The minimum atomic E-state index is -2.99. The summed E-state index contributed by atoms with van der Waals surface area (Å²) in [4.78, 5) is 24.0. The van der Waals surface area contributed by atoms with Crippen molar-refractivity contribution in [1.82, 2.24) is 15.1 Å². The van der Waals surface area contributed by atoms with Crippen molar-refractivity contribution in [3.05, 3.63) is 85.9 Å². The van der Waals surface area contributed by atoms with Gasteiger partial charge in [0.05, 0.1) is 32.9 Å². The quantitative estimate of drug-likeness (QED) is 0.444. The zero-order valence-electron chi connectivity index (χ0n) is 17.4. The van der Waals surface area contributed by atoms with Crippen molar-refractivity contribution in [3.63, 3.8) is 0 Å². The number of aromatic nitrogens is 2. The van der Waals surface area contributed by atoms with Crippen LogP contribution >= 0.6 is 23.2 Å². The Morgan fingerprint density at radius 2 is 1.85 bits per heavy atom. The molecule has 2 N–H and O–H groups in total. The number of aryl methyl sites for hydroxylation is 1. The lowest BCUT2D eigenvalue weighted by atomic mass is 10.0. The largest absolute Gasteiger partial charge is 0.478 e. The Morgan fingerprint density at radius 3 is 2.42 bits per heavy atom. The predicted molar refractivity (Wildman–Crippen MR) is 117 cm³/mol. The van der Waals surface area contributed by atoms with E-state index in [9.17, 15) is 22.8 Å². The van der Waals surface area contributed by atoms with Crippen LogP contribution < -0.4 is 5.32 Å². The minimum Gasteiger partial charge on any atom is -0.478 e. The van der Waals surface area contributed by atoms with Crippen LogP contribution in [0.5, 0.6) is 0 Å². The third-order valence-corrected chi connectivity index (χ3v) is 5.75. The zero-order chi connectivity index (χ0) is 24.4. The fraction of sp³-hybridized carbons (Fsp3) is 0.227. The molecule has 1 aromatic heterocycles. The van der Waals surface area contributed by atoms with Crippen LogP contribution in [0, 0.1) is 5.82 Å². The summed E-state index contributed by atoms with van der Waals surface area (Å²) < 4.78 is 42.9. The number of halogens is 5. The first-order valence-electron chi connectivity index (χ1n) is 9.61. The first-order valence-corrected chi connectivity index (χ1v) is 10.4. The number of nitrogens with one attached hydrogen (secondary N) is 1. The van der Waals surface area contributed by atoms with Crippen molar-refractivity contribution in [2.75, 3.05) is 0 Å². The molecular formula is C22H18Cl2F3N3O3. The number of carbonyl (C=O) groups excluding carboxylic acids is 1. The van der Waals surface area contributed by atoms with Gasteiger partial charge in [-0.15, -0.1) is 0 Å². The van der Waals surface area contributed by atoms with Gasteiger partial charge in [-0.2, -0.15) is 5.10 Å². The summed E-state index contributed by atoms with van der Waals surface area (Å²) in [7, 11) is 1.30. The lowest BCUT2D eigenvalue weighted by molar-refractivity contribution is 0.0695. The van der Waals surface area contributed by atoms with E-state index in [4.69, 9.17) is 28.3 Å². The Hall–Kier alpha value is -3.04. The topological polar surface area (TPSA) is 84.2 Å². The third kappa shape index (κ3) is 5.31. The number of carbonyl (C=O) groups is 2. The van der Waals surface area contributed by atoms with E-state index in [1.807, 2.05) is 0 Å². The Kier molecular flexibility index (Phi) is 7.34. The lowest BCUT2D eigenvalue weighted by Gasteiger charge is -2.16. The summed E-state index contributed by atoms with van der Waals surface area (Å²) >= 11 is 11.9. The van der Waals surface area contributed by atoms with E-state index in [1.165, 1.54) is 26.1 Å². The maximum Gasteiger partial charge on any atom is 0.335 e. The second kappa shape index (κ2) is 9.84. The molecule has 0 spiro atoms. The molecule has 6 nitrogen and oxygen atoms in total.